The highest BCUT2D eigenvalue weighted by Crippen LogP contribution is 2.36. The first kappa shape index (κ1) is 32.8. The quantitative estimate of drug-likeness (QED) is 0.223. The van der Waals surface area contributed by atoms with Gasteiger partial charge < -0.3 is 27.2 Å². The Balaban J connectivity index is 0.000000646. The maximum absolute atomic E-state index is 14.0. The second-order valence-corrected chi connectivity index (χ2v) is 9.70. The van der Waals surface area contributed by atoms with Crippen molar-refractivity contribution in [3.8, 4) is 0 Å². The lowest BCUT2D eigenvalue weighted by Gasteiger charge is -2.29. The Morgan fingerprint density at radius 2 is 1.37 bits per heavy atom. The maximum Gasteiger partial charge on any atom is 0.490 e. The van der Waals surface area contributed by atoms with E-state index in [9.17, 15) is 27.6 Å². The minimum absolute atomic E-state index is 0.0246. The summed E-state index contributed by atoms with van der Waals surface area (Å²) in [5.41, 5.74) is 13.0. The molecule has 13 heteroatoms. The number of carbonyl (C=O) groups excluding carboxylic acids is 3. The van der Waals surface area contributed by atoms with Crippen molar-refractivity contribution in [1.29, 1.82) is 0 Å². The van der Waals surface area contributed by atoms with Crippen molar-refractivity contribution in [2.45, 2.75) is 30.7 Å². The maximum atomic E-state index is 14.0. The van der Waals surface area contributed by atoms with Gasteiger partial charge in [-0.2, -0.15) is 13.2 Å². The van der Waals surface area contributed by atoms with Crippen LogP contribution in [0.4, 0.5) is 18.0 Å². The molecular weight excluding hydrogens is 567 g/mol. The van der Waals surface area contributed by atoms with Crippen LogP contribution in [0.15, 0.2) is 91.0 Å². The molecule has 1 unspecified atom stereocenters. The summed E-state index contributed by atoms with van der Waals surface area (Å²) in [5, 5.41) is 12.9. The number of rotatable bonds is 10. The SMILES string of the molecule is NCCC(CN1C(=O)NC(c2ccccc2)(c2ccccc2)C1=O)[C@H](N)C(=O)NCc1ccccc1.O=C(O)C(F)(F)F. The van der Waals surface area contributed by atoms with Crippen LogP contribution in [0.25, 0.3) is 0 Å². The number of carbonyl (C=O) groups is 4. The van der Waals surface area contributed by atoms with E-state index in [-0.39, 0.29) is 19.0 Å². The van der Waals surface area contributed by atoms with Gasteiger partial charge in [0.1, 0.15) is 0 Å². The normalized spacial score (nSPS) is 15.5. The number of carboxylic acids is 1. The van der Waals surface area contributed by atoms with Gasteiger partial charge in [0, 0.05) is 19.0 Å². The summed E-state index contributed by atoms with van der Waals surface area (Å²) >= 11 is 0. The zero-order valence-corrected chi connectivity index (χ0v) is 23.0. The molecule has 0 bridgehead atoms. The van der Waals surface area contributed by atoms with Gasteiger partial charge in [0.2, 0.25) is 5.91 Å². The third-order valence-corrected chi connectivity index (χ3v) is 6.84. The molecule has 10 nitrogen and oxygen atoms in total. The number of nitrogens with two attached hydrogens (primary N) is 2. The molecule has 0 radical (unpaired) electrons. The minimum Gasteiger partial charge on any atom is -0.475 e. The zero-order valence-electron chi connectivity index (χ0n) is 23.0. The second-order valence-electron chi connectivity index (χ2n) is 9.70. The van der Waals surface area contributed by atoms with E-state index in [1.165, 1.54) is 0 Å². The highest BCUT2D eigenvalue weighted by atomic mass is 19.4. The van der Waals surface area contributed by atoms with Crippen LogP contribution in [-0.2, 0) is 26.5 Å². The van der Waals surface area contributed by atoms with Crippen molar-refractivity contribution in [2.75, 3.05) is 13.1 Å². The number of aliphatic carboxylic acids is 1. The third-order valence-electron chi connectivity index (χ3n) is 6.84. The molecule has 0 saturated carbocycles. The number of amides is 4. The molecule has 1 saturated heterocycles. The van der Waals surface area contributed by atoms with Crippen molar-refractivity contribution in [1.82, 2.24) is 15.5 Å². The van der Waals surface area contributed by atoms with Crippen molar-refractivity contribution in [2.24, 2.45) is 17.4 Å². The molecule has 7 N–H and O–H groups in total. The van der Waals surface area contributed by atoms with Crippen LogP contribution >= 0.6 is 0 Å². The first-order valence-electron chi connectivity index (χ1n) is 13.2. The van der Waals surface area contributed by atoms with Gasteiger partial charge in [-0.25, -0.2) is 9.59 Å². The average molecular weight is 600 g/mol. The van der Waals surface area contributed by atoms with Gasteiger partial charge in [0.05, 0.1) is 6.04 Å². The number of nitrogens with one attached hydrogen (secondary N) is 2. The van der Waals surface area contributed by atoms with E-state index in [0.717, 1.165) is 10.5 Å². The number of nitrogens with zero attached hydrogens (tertiary/aromatic N) is 1. The summed E-state index contributed by atoms with van der Waals surface area (Å²) in [6, 6.07) is 26.3. The lowest BCUT2D eigenvalue weighted by molar-refractivity contribution is -0.192. The first-order valence-corrected chi connectivity index (χ1v) is 13.2. The van der Waals surface area contributed by atoms with Gasteiger partial charge in [-0.1, -0.05) is 91.0 Å². The van der Waals surface area contributed by atoms with Crippen LogP contribution in [0.2, 0.25) is 0 Å². The number of hydrogen-bond donors (Lipinski definition) is 5. The smallest absolute Gasteiger partial charge is 0.475 e. The van der Waals surface area contributed by atoms with Crippen molar-refractivity contribution in [3.05, 3.63) is 108 Å². The Kier molecular flexibility index (Phi) is 11.0. The Bertz CT molecular complexity index is 1350. The molecule has 4 rings (SSSR count). The lowest BCUT2D eigenvalue weighted by Crippen LogP contribution is -2.51. The number of alkyl halides is 3. The molecule has 2 atom stereocenters. The van der Waals surface area contributed by atoms with E-state index in [1.807, 2.05) is 91.0 Å². The van der Waals surface area contributed by atoms with Crippen LogP contribution in [0.3, 0.4) is 0 Å². The van der Waals surface area contributed by atoms with Crippen molar-refractivity contribution >= 4 is 23.8 Å². The van der Waals surface area contributed by atoms with Gasteiger partial charge in [-0.05, 0) is 29.7 Å². The molecule has 1 aliphatic heterocycles. The Morgan fingerprint density at radius 3 is 1.81 bits per heavy atom. The van der Waals surface area contributed by atoms with Gasteiger partial charge in [-0.15, -0.1) is 0 Å². The molecule has 0 aromatic heterocycles. The average Bonchev–Trinajstić information content (AvgIpc) is 3.26. The molecule has 43 heavy (non-hydrogen) atoms. The summed E-state index contributed by atoms with van der Waals surface area (Å²) in [7, 11) is 0. The number of carboxylic acid groups (broad SMARTS) is 1. The molecule has 1 fully saturated rings. The summed E-state index contributed by atoms with van der Waals surface area (Å²) in [6.45, 7) is 0.566. The molecule has 4 amide bonds. The summed E-state index contributed by atoms with van der Waals surface area (Å²) < 4.78 is 31.7. The predicted octanol–water partition coefficient (Wildman–Crippen LogP) is 2.72. The molecule has 3 aromatic carbocycles. The van der Waals surface area contributed by atoms with Crippen LogP contribution in [0.5, 0.6) is 0 Å². The molecule has 0 aliphatic carbocycles. The molecule has 228 valence electrons. The molecule has 3 aromatic rings. The van der Waals surface area contributed by atoms with E-state index in [4.69, 9.17) is 21.4 Å². The highest BCUT2D eigenvalue weighted by molar-refractivity contribution is 6.09. The monoisotopic (exact) mass is 599 g/mol. The highest BCUT2D eigenvalue weighted by Gasteiger charge is 2.54. The lowest BCUT2D eigenvalue weighted by atomic mass is 9.82. The molecule has 0 spiro atoms. The van der Waals surface area contributed by atoms with E-state index >= 15 is 0 Å². The van der Waals surface area contributed by atoms with E-state index < -0.39 is 41.6 Å². The number of imide groups is 1. The summed E-state index contributed by atoms with van der Waals surface area (Å²) in [6.07, 6.45) is -4.71. The number of hydrogen-bond acceptors (Lipinski definition) is 6. The largest absolute Gasteiger partial charge is 0.490 e. The second kappa shape index (κ2) is 14.4. The van der Waals surface area contributed by atoms with Crippen LogP contribution in [0, 0.1) is 5.92 Å². The Labute approximate surface area is 245 Å². The van der Waals surface area contributed by atoms with Gasteiger partial charge in [0.15, 0.2) is 5.54 Å². The van der Waals surface area contributed by atoms with E-state index in [0.29, 0.717) is 24.1 Å². The standard InChI is InChI=1S/C28H31N5O3.C2HF3O2/c29-17-16-21(24(30)25(34)31-18-20-10-4-1-5-11-20)19-33-26(35)28(32-27(33)36,22-12-6-2-7-13-22)23-14-8-3-9-15-23;3-2(4,5)1(6)7/h1-15,21,24H,16-19,29-30H2,(H,31,34)(H,32,36);(H,6,7)/t21?,24-;/m0./s1. The van der Waals surface area contributed by atoms with Crippen molar-refractivity contribution < 1.29 is 37.5 Å². The summed E-state index contributed by atoms with van der Waals surface area (Å²) in [5.74, 6) is -4.04. The first-order chi connectivity index (χ1) is 20.4. The predicted molar refractivity (Wildman–Crippen MR) is 151 cm³/mol. The minimum atomic E-state index is -5.08. The van der Waals surface area contributed by atoms with Gasteiger partial charge in [0.25, 0.3) is 5.91 Å². The van der Waals surface area contributed by atoms with Crippen LogP contribution in [0.1, 0.15) is 23.1 Å². The van der Waals surface area contributed by atoms with Crippen LogP contribution < -0.4 is 22.1 Å². The van der Waals surface area contributed by atoms with E-state index in [2.05, 4.69) is 10.6 Å². The number of halogens is 3. The van der Waals surface area contributed by atoms with Crippen LogP contribution in [-0.4, -0.2) is 59.1 Å². The molecular formula is C30H32F3N5O5. The number of urea groups is 1. The van der Waals surface area contributed by atoms with Gasteiger partial charge >= 0.3 is 18.2 Å². The molecule has 1 heterocycles. The van der Waals surface area contributed by atoms with Crippen molar-refractivity contribution in [3.63, 3.8) is 0 Å². The van der Waals surface area contributed by atoms with Gasteiger partial charge in [-0.3, -0.25) is 14.5 Å². The fraction of sp³-hybridized carbons (Fsp3) is 0.267. The molecule has 1 aliphatic rings. The summed E-state index contributed by atoms with van der Waals surface area (Å²) in [4.78, 5) is 50.1. The third kappa shape index (κ3) is 7.96. The fourth-order valence-electron chi connectivity index (χ4n) is 4.63. The topological polar surface area (TPSA) is 168 Å². The van der Waals surface area contributed by atoms with E-state index in [1.54, 1.807) is 0 Å². The number of benzene rings is 3. The Morgan fingerprint density at radius 1 is 0.907 bits per heavy atom. The zero-order chi connectivity index (χ0) is 31.6. The fourth-order valence-corrected chi connectivity index (χ4v) is 4.63. The Hall–Kier alpha value is -4.75.